The summed E-state index contributed by atoms with van der Waals surface area (Å²) in [5.74, 6) is 0.469. The molecule has 0 unspecified atom stereocenters. The Hall–Kier alpha value is -1.09. The van der Waals surface area contributed by atoms with Gasteiger partial charge in [-0.1, -0.05) is 13.8 Å². The molecule has 0 aliphatic heterocycles. The smallest absolute Gasteiger partial charge is 0.123 e. The maximum atomic E-state index is 13.3. The Bertz CT molecular complexity index is 410. The molecule has 0 atom stereocenters. The second-order valence-electron chi connectivity index (χ2n) is 5.13. The molecule has 0 bridgehead atoms. The molecule has 1 fully saturated rings. The van der Waals surface area contributed by atoms with E-state index in [0.29, 0.717) is 5.75 Å². The van der Waals surface area contributed by atoms with Crippen LogP contribution in [0.3, 0.4) is 0 Å². The molecule has 0 spiro atoms. The van der Waals surface area contributed by atoms with E-state index in [2.05, 4.69) is 13.8 Å². The highest BCUT2D eigenvalue weighted by molar-refractivity contribution is 5.43. The number of hydrogen-bond acceptors (Lipinski definition) is 2. The molecule has 0 aromatic heterocycles. The largest absolute Gasteiger partial charge is 0.496 e. The quantitative estimate of drug-likeness (QED) is 0.854. The molecule has 2 rings (SSSR count). The topological polar surface area (TPSA) is 35.2 Å². The molecule has 0 heterocycles. The number of hydrogen-bond donors (Lipinski definition) is 1. The molecule has 1 saturated carbocycles. The van der Waals surface area contributed by atoms with E-state index in [1.165, 1.54) is 12.1 Å². The maximum Gasteiger partial charge on any atom is 0.123 e. The van der Waals surface area contributed by atoms with Gasteiger partial charge in [0.05, 0.1) is 7.11 Å². The molecule has 2 N–H and O–H groups in total. The lowest BCUT2D eigenvalue weighted by atomic mass is 9.75. The Morgan fingerprint density at radius 2 is 2.00 bits per heavy atom. The minimum absolute atomic E-state index is 0.214. The minimum atomic E-state index is -0.263. The SMILES string of the molecule is COc1ccc(F)cc1C(C)(C)C1(N)CC1. The number of methoxy groups -OCH3 is 1. The van der Waals surface area contributed by atoms with Crippen molar-refractivity contribution in [1.29, 1.82) is 0 Å². The number of nitrogens with two attached hydrogens (primary N) is 1. The Morgan fingerprint density at radius 1 is 1.38 bits per heavy atom. The second kappa shape index (κ2) is 3.45. The van der Waals surface area contributed by atoms with E-state index in [0.717, 1.165) is 18.4 Å². The molecule has 1 aromatic rings. The van der Waals surface area contributed by atoms with Gasteiger partial charge in [0.1, 0.15) is 11.6 Å². The molecule has 0 radical (unpaired) electrons. The van der Waals surface area contributed by atoms with Gasteiger partial charge in [-0.25, -0.2) is 4.39 Å². The lowest BCUT2D eigenvalue weighted by Gasteiger charge is -2.33. The van der Waals surface area contributed by atoms with Crippen molar-refractivity contribution in [2.75, 3.05) is 7.11 Å². The third-order valence-electron chi connectivity index (χ3n) is 3.87. The maximum absolute atomic E-state index is 13.3. The second-order valence-corrected chi connectivity index (χ2v) is 5.13. The Kier molecular flexibility index (Phi) is 2.46. The summed E-state index contributed by atoms with van der Waals surface area (Å²) in [6.45, 7) is 4.11. The van der Waals surface area contributed by atoms with E-state index < -0.39 is 0 Å². The molecular weight excluding hydrogens is 205 g/mol. The first kappa shape index (κ1) is 11.4. The average molecular weight is 223 g/mol. The van der Waals surface area contributed by atoms with Crippen LogP contribution in [0.15, 0.2) is 18.2 Å². The summed E-state index contributed by atoms with van der Waals surface area (Å²) < 4.78 is 18.6. The van der Waals surface area contributed by atoms with Crippen molar-refractivity contribution < 1.29 is 9.13 Å². The highest BCUT2D eigenvalue weighted by Gasteiger charge is 2.52. The molecule has 16 heavy (non-hydrogen) atoms. The first-order valence-corrected chi connectivity index (χ1v) is 5.54. The number of ether oxygens (including phenoxy) is 1. The van der Waals surface area contributed by atoms with Crippen LogP contribution in [0.2, 0.25) is 0 Å². The summed E-state index contributed by atoms with van der Waals surface area (Å²) in [5, 5.41) is 0. The molecular formula is C13H18FNO. The van der Waals surface area contributed by atoms with E-state index in [4.69, 9.17) is 10.5 Å². The molecule has 1 aliphatic carbocycles. The highest BCUT2D eigenvalue weighted by Crippen LogP contribution is 2.51. The summed E-state index contributed by atoms with van der Waals surface area (Å²) in [6, 6.07) is 4.61. The molecule has 3 heteroatoms. The van der Waals surface area contributed by atoms with Crippen molar-refractivity contribution >= 4 is 0 Å². The van der Waals surface area contributed by atoms with Crippen LogP contribution in [0.25, 0.3) is 0 Å². The van der Waals surface area contributed by atoms with E-state index >= 15 is 0 Å². The zero-order valence-corrected chi connectivity index (χ0v) is 10.0. The van der Waals surface area contributed by atoms with Gasteiger partial charge in [-0.05, 0) is 31.0 Å². The van der Waals surface area contributed by atoms with Crippen molar-refractivity contribution in [3.05, 3.63) is 29.6 Å². The van der Waals surface area contributed by atoms with Gasteiger partial charge in [0.2, 0.25) is 0 Å². The van der Waals surface area contributed by atoms with Gasteiger partial charge in [0.15, 0.2) is 0 Å². The van der Waals surface area contributed by atoms with E-state index in [1.807, 2.05) is 0 Å². The van der Waals surface area contributed by atoms with Gasteiger partial charge in [-0.2, -0.15) is 0 Å². The van der Waals surface area contributed by atoms with Crippen LogP contribution < -0.4 is 10.5 Å². The van der Waals surface area contributed by atoms with Crippen molar-refractivity contribution in [3.63, 3.8) is 0 Å². The van der Waals surface area contributed by atoms with Gasteiger partial charge >= 0.3 is 0 Å². The Balaban J connectivity index is 2.49. The van der Waals surface area contributed by atoms with Gasteiger partial charge in [0.25, 0.3) is 0 Å². The van der Waals surface area contributed by atoms with Crippen LogP contribution in [-0.4, -0.2) is 12.6 Å². The monoisotopic (exact) mass is 223 g/mol. The zero-order chi connectivity index (χ0) is 12.0. The number of halogens is 1. The fourth-order valence-electron chi connectivity index (χ4n) is 2.20. The highest BCUT2D eigenvalue weighted by atomic mass is 19.1. The van der Waals surface area contributed by atoms with Gasteiger partial charge < -0.3 is 10.5 Å². The van der Waals surface area contributed by atoms with Crippen LogP contribution >= 0.6 is 0 Å². The van der Waals surface area contributed by atoms with Crippen molar-refractivity contribution in [2.24, 2.45) is 5.73 Å². The van der Waals surface area contributed by atoms with Gasteiger partial charge in [-0.3, -0.25) is 0 Å². The third-order valence-corrected chi connectivity index (χ3v) is 3.87. The molecule has 2 nitrogen and oxygen atoms in total. The van der Waals surface area contributed by atoms with E-state index in [9.17, 15) is 4.39 Å². The van der Waals surface area contributed by atoms with Crippen LogP contribution in [0.4, 0.5) is 4.39 Å². The summed E-state index contributed by atoms with van der Waals surface area (Å²) >= 11 is 0. The Morgan fingerprint density at radius 3 is 2.50 bits per heavy atom. The normalized spacial score (nSPS) is 18.3. The Labute approximate surface area is 95.6 Å². The summed E-state index contributed by atoms with van der Waals surface area (Å²) in [4.78, 5) is 0. The zero-order valence-electron chi connectivity index (χ0n) is 10.0. The van der Waals surface area contributed by atoms with E-state index in [-0.39, 0.29) is 16.8 Å². The molecule has 1 aliphatic rings. The van der Waals surface area contributed by atoms with Crippen LogP contribution in [0, 0.1) is 5.82 Å². The van der Waals surface area contributed by atoms with Gasteiger partial charge in [0, 0.05) is 16.5 Å². The van der Waals surface area contributed by atoms with Crippen LogP contribution in [0.5, 0.6) is 5.75 Å². The predicted molar refractivity (Wildman–Crippen MR) is 62.1 cm³/mol. The van der Waals surface area contributed by atoms with Crippen LogP contribution in [0.1, 0.15) is 32.3 Å². The third kappa shape index (κ3) is 1.59. The fraction of sp³-hybridized carbons (Fsp3) is 0.538. The standard InChI is InChI=1S/C13H18FNO/c1-12(2,13(15)6-7-13)10-8-9(14)4-5-11(10)16-3/h4-5,8H,6-7,15H2,1-3H3. The summed E-state index contributed by atoms with van der Waals surface area (Å²) in [5.41, 5.74) is 6.63. The summed E-state index contributed by atoms with van der Waals surface area (Å²) in [7, 11) is 1.60. The molecule has 0 saturated heterocycles. The lowest BCUT2D eigenvalue weighted by molar-refractivity contribution is 0.351. The first-order chi connectivity index (χ1) is 7.40. The van der Waals surface area contributed by atoms with Crippen molar-refractivity contribution in [2.45, 2.75) is 37.6 Å². The molecule has 0 amide bonds. The fourth-order valence-corrected chi connectivity index (χ4v) is 2.20. The minimum Gasteiger partial charge on any atom is -0.496 e. The molecule has 88 valence electrons. The van der Waals surface area contributed by atoms with Crippen molar-refractivity contribution in [3.8, 4) is 5.75 Å². The lowest BCUT2D eigenvalue weighted by Crippen LogP contribution is -2.43. The average Bonchev–Trinajstić information content (AvgIpc) is 2.98. The number of benzene rings is 1. The van der Waals surface area contributed by atoms with E-state index in [1.54, 1.807) is 13.2 Å². The summed E-state index contributed by atoms with van der Waals surface area (Å²) in [6.07, 6.45) is 1.97. The predicted octanol–water partition coefficient (Wildman–Crippen LogP) is 2.60. The molecule has 1 aromatic carbocycles. The van der Waals surface area contributed by atoms with Gasteiger partial charge in [-0.15, -0.1) is 0 Å². The first-order valence-electron chi connectivity index (χ1n) is 5.54. The van der Waals surface area contributed by atoms with Crippen LogP contribution in [-0.2, 0) is 5.41 Å². The van der Waals surface area contributed by atoms with Crippen molar-refractivity contribution in [1.82, 2.24) is 0 Å². The number of rotatable bonds is 3.